The first kappa shape index (κ1) is 16.9. The van der Waals surface area contributed by atoms with E-state index in [-0.39, 0.29) is 11.7 Å². The monoisotopic (exact) mass is 306 g/mol. The highest BCUT2D eigenvalue weighted by Crippen LogP contribution is 2.24. The Morgan fingerprint density at radius 1 is 1.41 bits per heavy atom. The van der Waals surface area contributed by atoms with Crippen LogP contribution in [0.4, 0.5) is 4.39 Å². The molecule has 2 N–H and O–H groups in total. The van der Waals surface area contributed by atoms with Crippen LogP contribution < -0.4 is 5.73 Å². The van der Waals surface area contributed by atoms with Gasteiger partial charge in [0.05, 0.1) is 6.04 Å². The zero-order valence-electron chi connectivity index (χ0n) is 13.4. The minimum Gasteiger partial charge on any atom is -0.338 e. The fourth-order valence-electron chi connectivity index (χ4n) is 3.28. The lowest BCUT2D eigenvalue weighted by molar-refractivity contribution is -0.135. The number of hydrogen-bond donors (Lipinski definition) is 1. The largest absolute Gasteiger partial charge is 0.338 e. The lowest BCUT2D eigenvalue weighted by Gasteiger charge is -2.31. The van der Waals surface area contributed by atoms with Gasteiger partial charge in [0.2, 0.25) is 5.91 Å². The fourth-order valence-corrected chi connectivity index (χ4v) is 3.28. The molecule has 1 aliphatic rings. The van der Waals surface area contributed by atoms with Crippen LogP contribution in [0.1, 0.15) is 51.0 Å². The van der Waals surface area contributed by atoms with Gasteiger partial charge in [-0.15, -0.1) is 0 Å². The molecule has 3 nitrogen and oxygen atoms in total. The first-order chi connectivity index (χ1) is 10.6. The summed E-state index contributed by atoms with van der Waals surface area (Å²) in [6.45, 7) is 2.67. The van der Waals surface area contributed by atoms with E-state index in [0.717, 1.165) is 31.2 Å². The van der Waals surface area contributed by atoms with E-state index in [0.29, 0.717) is 19.0 Å². The second-order valence-electron chi connectivity index (χ2n) is 6.25. The van der Waals surface area contributed by atoms with Crippen LogP contribution >= 0.6 is 0 Å². The molecule has 22 heavy (non-hydrogen) atoms. The van der Waals surface area contributed by atoms with Gasteiger partial charge in [-0.3, -0.25) is 4.79 Å². The van der Waals surface area contributed by atoms with Crippen LogP contribution in [-0.4, -0.2) is 29.4 Å². The van der Waals surface area contributed by atoms with E-state index < -0.39 is 6.04 Å². The molecule has 1 aromatic rings. The van der Waals surface area contributed by atoms with Crippen LogP contribution in [-0.2, 0) is 11.2 Å². The Kier molecular flexibility index (Phi) is 6.37. The number of carbonyl (C=O) groups excluding carboxylic acids is 1. The summed E-state index contributed by atoms with van der Waals surface area (Å²) in [5.74, 6) is -0.163. The molecule has 1 atom stereocenters. The predicted octanol–water partition coefficient (Wildman–Crippen LogP) is 3.27. The number of benzene rings is 1. The number of halogens is 1. The molecule has 1 amide bonds. The van der Waals surface area contributed by atoms with Gasteiger partial charge >= 0.3 is 0 Å². The molecule has 4 heteroatoms. The molecule has 1 aromatic carbocycles. The number of nitrogens with two attached hydrogens (primary N) is 1. The first-order valence-corrected chi connectivity index (χ1v) is 8.42. The van der Waals surface area contributed by atoms with E-state index in [9.17, 15) is 9.18 Å². The van der Waals surface area contributed by atoms with E-state index in [1.54, 1.807) is 12.1 Å². The fraction of sp³-hybridized carbons (Fsp3) is 0.611. The number of rotatable bonds is 7. The zero-order chi connectivity index (χ0) is 15.9. The van der Waals surface area contributed by atoms with E-state index in [4.69, 9.17) is 5.73 Å². The Morgan fingerprint density at radius 2 is 2.14 bits per heavy atom. The van der Waals surface area contributed by atoms with Gasteiger partial charge in [-0.2, -0.15) is 0 Å². The zero-order valence-corrected chi connectivity index (χ0v) is 13.4. The number of hydrogen-bond acceptors (Lipinski definition) is 2. The van der Waals surface area contributed by atoms with E-state index in [1.807, 2.05) is 17.9 Å². The van der Waals surface area contributed by atoms with Gasteiger partial charge in [0, 0.05) is 12.6 Å². The van der Waals surface area contributed by atoms with Crippen molar-refractivity contribution < 1.29 is 9.18 Å². The third-order valence-electron chi connectivity index (χ3n) is 4.50. The normalized spacial score (nSPS) is 16.7. The van der Waals surface area contributed by atoms with Crippen LogP contribution in [0.15, 0.2) is 24.3 Å². The SMILES string of the molecule is CCCC(N)C(=O)N(CCc1cccc(F)c1)C1CCCC1. The lowest BCUT2D eigenvalue weighted by Crippen LogP contribution is -2.48. The highest BCUT2D eigenvalue weighted by Gasteiger charge is 2.29. The van der Waals surface area contributed by atoms with Crippen molar-refractivity contribution in [2.45, 2.75) is 64.0 Å². The molecule has 0 spiro atoms. The third-order valence-corrected chi connectivity index (χ3v) is 4.50. The van der Waals surface area contributed by atoms with Gasteiger partial charge < -0.3 is 10.6 Å². The van der Waals surface area contributed by atoms with Crippen molar-refractivity contribution >= 4 is 5.91 Å². The Labute approximate surface area is 132 Å². The van der Waals surface area contributed by atoms with Crippen molar-refractivity contribution in [2.75, 3.05) is 6.54 Å². The summed E-state index contributed by atoms with van der Waals surface area (Å²) < 4.78 is 13.3. The molecule has 0 aliphatic heterocycles. The van der Waals surface area contributed by atoms with Crippen molar-refractivity contribution in [3.05, 3.63) is 35.6 Å². The van der Waals surface area contributed by atoms with Crippen molar-refractivity contribution in [3.63, 3.8) is 0 Å². The molecular weight excluding hydrogens is 279 g/mol. The molecule has 1 saturated carbocycles. The summed E-state index contributed by atoms with van der Waals surface area (Å²) in [4.78, 5) is 14.6. The number of nitrogens with zero attached hydrogens (tertiary/aromatic N) is 1. The summed E-state index contributed by atoms with van der Waals surface area (Å²) in [6.07, 6.45) is 6.80. The number of carbonyl (C=O) groups is 1. The molecule has 0 aromatic heterocycles. The van der Waals surface area contributed by atoms with Crippen molar-refractivity contribution in [1.29, 1.82) is 0 Å². The molecule has 1 unspecified atom stereocenters. The summed E-state index contributed by atoms with van der Waals surface area (Å²) in [5.41, 5.74) is 6.97. The average molecular weight is 306 g/mol. The van der Waals surface area contributed by atoms with Crippen LogP contribution in [0.3, 0.4) is 0 Å². The maximum atomic E-state index is 13.3. The van der Waals surface area contributed by atoms with Crippen molar-refractivity contribution in [2.24, 2.45) is 5.73 Å². The summed E-state index contributed by atoms with van der Waals surface area (Å²) in [6, 6.07) is 6.52. The second kappa shape index (κ2) is 8.28. The predicted molar refractivity (Wildman–Crippen MR) is 87.0 cm³/mol. The Bertz CT molecular complexity index is 486. The summed E-state index contributed by atoms with van der Waals surface area (Å²) in [5, 5.41) is 0. The van der Waals surface area contributed by atoms with Crippen molar-refractivity contribution in [3.8, 4) is 0 Å². The quantitative estimate of drug-likeness (QED) is 0.840. The van der Waals surface area contributed by atoms with E-state index in [2.05, 4.69) is 0 Å². The Balaban J connectivity index is 2.02. The third kappa shape index (κ3) is 4.54. The second-order valence-corrected chi connectivity index (χ2v) is 6.25. The van der Waals surface area contributed by atoms with Crippen LogP contribution in [0.5, 0.6) is 0 Å². The minimum absolute atomic E-state index is 0.0603. The van der Waals surface area contributed by atoms with Gasteiger partial charge in [0.1, 0.15) is 5.82 Å². The highest BCUT2D eigenvalue weighted by molar-refractivity contribution is 5.82. The van der Waals surface area contributed by atoms with Crippen molar-refractivity contribution in [1.82, 2.24) is 4.90 Å². The van der Waals surface area contributed by atoms with Gasteiger partial charge in [-0.25, -0.2) is 4.39 Å². The molecule has 0 bridgehead atoms. The van der Waals surface area contributed by atoms with E-state index >= 15 is 0 Å². The summed E-state index contributed by atoms with van der Waals surface area (Å²) in [7, 11) is 0. The maximum absolute atomic E-state index is 13.3. The molecular formula is C18H27FN2O. The summed E-state index contributed by atoms with van der Waals surface area (Å²) >= 11 is 0. The topological polar surface area (TPSA) is 46.3 Å². The molecule has 122 valence electrons. The van der Waals surface area contributed by atoms with Crippen LogP contribution in [0.2, 0.25) is 0 Å². The maximum Gasteiger partial charge on any atom is 0.239 e. The highest BCUT2D eigenvalue weighted by atomic mass is 19.1. The number of amides is 1. The molecule has 0 radical (unpaired) electrons. The molecule has 1 fully saturated rings. The molecule has 0 saturated heterocycles. The van der Waals surface area contributed by atoms with Gasteiger partial charge in [0.25, 0.3) is 0 Å². The standard InChI is InChI=1S/C18H27FN2O/c1-2-6-17(20)18(22)21(16-9-3-4-10-16)12-11-14-7-5-8-15(19)13-14/h5,7-8,13,16-17H,2-4,6,9-12,20H2,1H3. The van der Waals surface area contributed by atoms with Crippen LogP contribution in [0.25, 0.3) is 0 Å². The van der Waals surface area contributed by atoms with Crippen LogP contribution in [0, 0.1) is 5.82 Å². The van der Waals surface area contributed by atoms with Gasteiger partial charge in [-0.05, 0) is 43.4 Å². The molecule has 1 aliphatic carbocycles. The van der Waals surface area contributed by atoms with Gasteiger partial charge in [-0.1, -0.05) is 38.3 Å². The Hall–Kier alpha value is -1.42. The lowest BCUT2D eigenvalue weighted by atomic mass is 10.1. The smallest absolute Gasteiger partial charge is 0.239 e. The molecule has 2 rings (SSSR count). The first-order valence-electron chi connectivity index (χ1n) is 8.42. The Morgan fingerprint density at radius 3 is 2.77 bits per heavy atom. The van der Waals surface area contributed by atoms with E-state index in [1.165, 1.54) is 18.9 Å². The molecule has 0 heterocycles. The average Bonchev–Trinajstić information content (AvgIpc) is 3.01. The van der Waals surface area contributed by atoms with Gasteiger partial charge in [0.15, 0.2) is 0 Å². The minimum atomic E-state index is -0.405.